The molecule has 0 aromatic rings. The fraction of sp³-hybridized carbons (Fsp3) is 0.400. The molecule has 1 rings (SSSR count). The van der Waals surface area contributed by atoms with Crippen LogP contribution in [0.1, 0.15) is 6.42 Å². The van der Waals surface area contributed by atoms with E-state index in [-0.39, 0.29) is 0 Å². The largest absolute Gasteiger partial charge is 0.463 e. The van der Waals surface area contributed by atoms with Crippen molar-refractivity contribution < 1.29 is 9.53 Å². The molecule has 0 spiro atoms. The van der Waals surface area contributed by atoms with Crippen LogP contribution in [0.4, 0.5) is 0 Å². The smallest absolute Gasteiger partial charge is 0.293 e. The number of hydrogen-bond acceptors (Lipinski definition) is 2. The Balaban J connectivity index is 1.99. The SMILES string of the molecule is O=COCC1=CC1. The molecular formula is C5H6O2. The lowest BCUT2D eigenvalue weighted by atomic mass is 10.5. The van der Waals surface area contributed by atoms with Gasteiger partial charge in [-0.3, -0.25) is 4.79 Å². The maximum Gasteiger partial charge on any atom is 0.293 e. The lowest BCUT2D eigenvalue weighted by molar-refractivity contribution is -0.127. The van der Waals surface area contributed by atoms with Crippen molar-refractivity contribution in [3.63, 3.8) is 0 Å². The maximum absolute atomic E-state index is 9.49. The van der Waals surface area contributed by atoms with E-state index < -0.39 is 0 Å². The molecule has 0 aromatic carbocycles. The molecule has 0 atom stereocenters. The number of carbonyl (C=O) groups excluding carboxylic acids is 1. The summed E-state index contributed by atoms with van der Waals surface area (Å²) in [6.07, 6.45) is 3.07. The summed E-state index contributed by atoms with van der Waals surface area (Å²) in [7, 11) is 0. The molecule has 0 N–H and O–H groups in total. The van der Waals surface area contributed by atoms with Crippen LogP contribution in [0.15, 0.2) is 11.6 Å². The first-order valence-corrected chi connectivity index (χ1v) is 2.16. The van der Waals surface area contributed by atoms with E-state index in [2.05, 4.69) is 4.74 Å². The Hall–Kier alpha value is -0.790. The number of rotatable bonds is 3. The van der Waals surface area contributed by atoms with Crippen molar-refractivity contribution in [3.8, 4) is 0 Å². The van der Waals surface area contributed by atoms with Crippen molar-refractivity contribution in [2.24, 2.45) is 0 Å². The van der Waals surface area contributed by atoms with Crippen LogP contribution in [-0.2, 0) is 9.53 Å². The molecule has 7 heavy (non-hydrogen) atoms. The first-order valence-electron chi connectivity index (χ1n) is 2.16. The molecule has 0 unspecified atom stereocenters. The van der Waals surface area contributed by atoms with Crippen molar-refractivity contribution in [2.75, 3.05) is 6.61 Å². The normalized spacial score (nSPS) is 15.1. The summed E-state index contributed by atoms with van der Waals surface area (Å²) >= 11 is 0. The summed E-state index contributed by atoms with van der Waals surface area (Å²) in [6.45, 7) is 0.975. The Labute approximate surface area is 41.8 Å². The molecule has 1 aliphatic carbocycles. The fourth-order valence-electron chi connectivity index (χ4n) is 0.331. The molecular weight excluding hydrogens is 92.1 g/mol. The predicted molar refractivity (Wildman–Crippen MR) is 24.7 cm³/mol. The highest BCUT2D eigenvalue weighted by molar-refractivity contribution is 5.38. The van der Waals surface area contributed by atoms with Gasteiger partial charge in [-0.2, -0.15) is 0 Å². The second-order valence-corrected chi connectivity index (χ2v) is 1.47. The van der Waals surface area contributed by atoms with Crippen LogP contribution in [0.5, 0.6) is 0 Å². The van der Waals surface area contributed by atoms with Gasteiger partial charge >= 0.3 is 0 Å². The van der Waals surface area contributed by atoms with Crippen LogP contribution in [0.3, 0.4) is 0 Å². The summed E-state index contributed by atoms with van der Waals surface area (Å²) in [4.78, 5) is 9.49. The average Bonchev–Trinajstić information content (AvgIpc) is 2.42. The van der Waals surface area contributed by atoms with Crippen LogP contribution >= 0.6 is 0 Å². The molecule has 0 saturated heterocycles. The summed E-state index contributed by atoms with van der Waals surface area (Å²) in [6, 6.07) is 0. The second kappa shape index (κ2) is 1.78. The zero-order chi connectivity index (χ0) is 5.11. The van der Waals surface area contributed by atoms with Gasteiger partial charge in [-0.25, -0.2) is 0 Å². The van der Waals surface area contributed by atoms with Crippen molar-refractivity contribution >= 4 is 6.47 Å². The molecule has 38 valence electrons. The summed E-state index contributed by atoms with van der Waals surface area (Å²) < 4.78 is 4.41. The second-order valence-electron chi connectivity index (χ2n) is 1.47. The van der Waals surface area contributed by atoms with Crippen molar-refractivity contribution in [1.82, 2.24) is 0 Å². The molecule has 0 aromatic heterocycles. The van der Waals surface area contributed by atoms with E-state index in [0.29, 0.717) is 13.1 Å². The molecule has 0 radical (unpaired) electrons. The monoisotopic (exact) mass is 98.0 g/mol. The minimum absolute atomic E-state index is 0.471. The standard InChI is InChI=1S/C5H6O2/c6-4-7-3-5-1-2-5/h1,4H,2-3H2. The summed E-state index contributed by atoms with van der Waals surface area (Å²) in [5, 5.41) is 0. The summed E-state index contributed by atoms with van der Waals surface area (Å²) in [5.41, 5.74) is 1.23. The van der Waals surface area contributed by atoms with Gasteiger partial charge in [0.15, 0.2) is 0 Å². The molecule has 0 aliphatic heterocycles. The zero-order valence-corrected chi connectivity index (χ0v) is 3.89. The van der Waals surface area contributed by atoms with Gasteiger partial charge in [-0.15, -0.1) is 0 Å². The van der Waals surface area contributed by atoms with Gasteiger partial charge in [0.25, 0.3) is 6.47 Å². The van der Waals surface area contributed by atoms with E-state index in [1.54, 1.807) is 0 Å². The predicted octanol–water partition coefficient (Wildman–Crippen LogP) is 0.490. The van der Waals surface area contributed by atoms with Gasteiger partial charge < -0.3 is 4.74 Å². The van der Waals surface area contributed by atoms with Crippen LogP contribution < -0.4 is 0 Å². The molecule has 2 nitrogen and oxygen atoms in total. The fourth-order valence-corrected chi connectivity index (χ4v) is 0.331. The van der Waals surface area contributed by atoms with E-state index in [0.717, 1.165) is 6.42 Å². The Morgan fingerprint density at radius 1 is 2.00 bits per heavy atom. The van der Waals surface area contributed by atoms with Crippen molar-refractivity contribution in [2.45, 2.75) is 6.42 Å². The molecule has 0 fully saturated rings. The number of carbonyl (C=O) groups is 1. The maximum atomic E-state index is 9.49. The molecule has 0 heterocycles. The van der Waals surface area contributed by atoms with Crippen LogP contribution in [0, 0.1) is 0 Å². The van der Waals surface area contributed by atoms with E-state index in [1.807, 2.05) is 6.08 Å². The minimum atomic E-state index is 0.471. The van der Waals surface area contributed by atoms with Crippen LogP contribution in [0.2, 0.25) is 0 Å². The highest BCUT2D eigenvalue weighted by Gasteiger charge is 2.05. The molecule has 0 bridgehead atoms. The third-order valence-electron chi connectivity index (χ3n) is 0.830. The quantitative estimate of drug-likeness (QED) is 0.379. The third-order valence-corrected chi connectivity index (χ3v) is 0.830. The molecule has 0 saturated carbocycles. The van der Waals surface area contributed by atoms with E-state index in [4.69, 9.17) is 0 Å². The Kier molecular flexibility index (Phi) is 1.11. The van der Waals surface area contributed by atoms with Gasteiger partial charge in [0.05, 0.1) is 0 Å². The highest BCUT2D eigenvalue weighted by Crippen LogP contribution is 2.16. The van der Waals surface area contributed by atoms with E-state index in [1.165, 1.54) is 5.57 Å². The van der Waals surface area contributed by atoms with E-state index in [9.17, 15) is 4.79 Å². The first kappa shape index (κ1) is 4.37. The number of ether oxygens (including phenoxy) is 1. The van der Waals surface area contributed by atoms with Gasteiger partial charge in [0.1, 0.15) is 6.61 Å². The Morgan fingerprint density at radius 2 is 2.71 bits per heavy atom. The van der Waals surface area contributed by atoms with Gasteiger partial charge in [-0.05, 0) is 12.0 Å². The molecule has 1 aliphatic rings. The Morgan fingerprint density at radius 3 is 3.14 bits per heavy atom. The van der Waals surface area contributed by atoms with Crippen LogP contribution in [0.25, 0.3) is 0 Å². The van der Waals surface area contributed by atoms with Gasteiger partial charge in [0.2, 0.25) is 0 Å². The lowest BCUT2D eigenvalue weighted by Crippen LogP contribution is -1.86. The first-order chi connectivity index (χ1) is 3.43. The topological polar surface area (TPSA) is 26.3 Å². The van der Waals surface area contributed by atoms with Crippen molar-refractivity contribution in [3.05, 3.63) is 11.6 Å². The number of allylic oxidation sites excluding steroid dienone is 1. The number of hydrogen-bond donors (Lipinski definition) is 0. The molecule has 2 heteroatoms. The highest BCUT2D eigenvalue weighted by atomic mass is 16.5. The summed E-state index contributed by atoms with van der Waals surface area (Å²) in [5.74, 6) is 0. The van der Waals surface area contributed by atoms with E-state index >= 15 is 0 Å². The lowest BCUT2D eigenvalue weighted by Gasteiger charge is -1.86. The van der Waals surface area contributed by atoms with Crippen molar-refractivity contribution in [1.29, 1.82) is 0 Å². The van der Waals surface area contributed by atoms with Gasteiger partial charge in [0, 0.05) is 0 Å². The Bertz CT molecular complexity index is 105. The van der Waals surface area contributed by atoms with Crippen LogP contribution in [-0.4, -0.2) is 13.1 Å². The third kappa shape index (κ3) is 1.39. The van der Waals surface area contributed by atoms with Gasteiger partial charge in [-0.1, -0.05) is 6.08 Å². The zero-order valence-electron chi connectivity index (χ0n) is 3.89. The molecule has 0 amide bonds. The average molecular weight is 98.1 g/mol. The minimum Gasteiger partial charge on any atom is -0.463 e.